The molecule has 34 heavy (non-hydrogen) atoms. The van der Waals surface area contributed by atoms with Gasteiger partial charge in [0.15, 0.2) is 0 Å². The number of halogens is 2. The molecule has 7 heteroatoms. The third-order valence-corrected chi connectivity index (χ3v) is 6.64. The Morgan fingerprint density at radius 1 is 0.912 bits per heavy atom. The summed E-state index contributed by atoms with van der Waals surface area (Å²) < 4.78 is 2.15. The molecule has 5 rings (SSSR count). The number of nitrogens with one attached hydrogen (secondary N) is 1. The zero-order chi connectivity index (χ0) is 23.8. The number of imide groups is 1. The highest BCUT2D eigenvalue weighted by molar-refractivity contribution is 6.35. The summed E-state index contributed by atoms with van der Waals surface area (Å²) in [4.78, 5) is 26.9. The summed E-state index contributed by atoms with van der Waals surface area (Å²) >= 11 is 12.5. The van der Waals surface area contributed by atoms with E-state index >= 15 is 0 Å². The largest absolute Gasteiger partial charge is 0.340 e. The van der Waals surface area contributed by atoms with E-state index in [-0.39, 0.29) is 18.1 Å². The Morgan fingerprint density at radius 2 is 1.65 bits per heavy atom. The van der Waals surface area contributed by atoms with E-state index in [0.717, 1.165) is 33.3 Å². The van der Waals surface area contributed by atoms with E-state index < -0.39 is 6.03 Å². The Balaban J connectivity index is 1.52. The van der Waals surface area contributed by atoms with Crippen LogP contribution in [0.3, 0.4) is 0 Å². The van der Waals surface area contributed by atoms with Gasteiger partial charge in [-0.1, -0.05) is 77.8 Å². The molecule has 3 amide bonds. The van der Waals surface area contributed by atoms with Gasteiger partial charge in [0.05, 0.1) is 6.54 Å². The van der Waals surface area contributed by atoms with Crippen molar-refractivity contribution in [3.8, 4) is 0 Å². The lowest BCUT2D eigenvalue weighted by Gasteiger charge is -2.11. The van der Waals surface area contributed by atoms with Gasteiger partial charge in [0.2, 0.25) is 0 Å². The molecule has 0 radical (unpaired) electrons. The van der Waals surface area contributed by atoms with Crippen LogP contribution in [0.25, 0.3) is 17.0 Å². The first-order valence-electron chi connectivity index (χ1n) is 10.8. The van der Waals surface area contributed by atoms with Crippen LogP contribution in [0.2, 0.25) is 10.0 Å². The van der Waals surface area contributed by atoms with E-state index in [1.807, 2.05) is 73.7 Å². The number of aromatic nitrogens is 1. The van der Waals surface area contributed by atoms with Gasteiger partial charge in [0, 0.05) is 38.8 Å². The summed E-state index contributed by atoms with van der Waals surface area (Å²) in [6.07, 6.45) is 1.77. The molecule has 3 aromatic carbocycles. The standard InChI is InChI=1S/C27H21Cl2N3O2/c1-17-22(14-24-26(33)32(27(34)30-24)15-18-7-3-2-4-8-18)21-9-5-6-10-25(21)31(17)16-19-11-12-20(28)13-23(19)29/h2-14H,15-16H2,1H3,(H,30,34)/b24-14+. The van der Waals surface area contributed by atoms with Gasteiger partial charge in [0.25, 0.3) is 5.91 Å². The monoisotopic (exact) mass is 489 g/mol. The zero-order valence-corrected chi connectivity index (χ0v) is 19.9. The lowest BCUT2D eigenvalue weighted by Crippen LogP contribution is -2.30. The van der Waals surface area contributed by atoms with Crippen LogP contribution in [-0.4, -0.2) is 21.4 Å². The molecule has 1 N–H and O–H groups in total. The van der Waals surface area contributed by atoms with Crippen LogP contribution in [0, 0.1) is 6.92 Å². The van der Waals surface area contributed by atoms with Crippen molar-refractivity contribution in [2.45, 2.75) is 20.0 Å². The van der Waals surface area contributed by atoms with E-state index in [4.69, 9.17) is 23.2 Å². The molecule has 0 aliphatic carbocycles. The van der Waals surface area contributed by atoms with E-state index in [0.29, 0.717) is 16.6 Å². The van der Waals surface area contributed by atoms with E-state index in [9.17, 15) is 9.59 Å². The minimum atomic E-state index is -0.422. The summed E-state index contributed by atoms with van der Waals surface area (Å²) in [6, 6.07) is 22.5. The van der Waals surface area contributed by atoms with Crippen molar-refractivity contribution < 1.29 is 9.59 Å². The molecule has 1 aromatic heterocycles. The summed E-state index contributed by atoms with van der Waals surface area (Å²) in [7, 11) is 0. The van der Waals surface area contributed by atoms with E-state index in [1.54, 1.807) is 12.1 Å². The van der Waals surface area contributed by atoms with Gasteiger partial charge in [0.1, 0.15) is 5.70 Å². The molecule has 0 bridgehead atoms. The molecule has 1 saturated heterocycles. The maximum Gasteiger partial charge on any atom is 0.329 e. The second-order valence-electron chi connectivity index (χ2n) is 8.20. The number of para-hydroxylation sites is 1. The van der Waals surface area contributed by atoms with Gasteiger partial charge >= 0.3 is 6.03 Å². The molecule has 0 atom stereocenters. The second-order valence-corrected chi connectivity index (χ2v) is 9.05. The number of carbonyl (C=O) groups is 2. The molecule has 0 spiro atoms. The third kappa shape index (κ3) is 4.09. The summed E-state index contributed by atoms with van der Waals surface area (Å²) in [6.45, 7) is 2.77. The first kappa shape index (κ1) is 22.3. The van der Waals surface area contributed by atoms with Gasteiger partial charge in [-0.2, -0.15) is 0 Å². The molecule has 170 valence electrons. The second kappa shape index (κ2) is 9.01. The van der Waals surface area contributed by atoms with Gasteiger partial charge in [-0.05, 0) is 42.3 Å². The number of hydrogen-bond donors (Lipinski definition) is 1. The van der Waals surface area contributed by atoms with Crippen molar-refractivity contribution in [1.82, 2.24) is 14.8 Å². The molecule has 1 aliphatic rings. The highest BCUT2D eigenvalue weighted by Gasteiger charge is 2.34. The zero-order valence-electron chi connectivity index (χ0n) is 18.4. The number of benzene rings is 3. The fourth-order valence-electron chi connectivity index (χ4n) is 4.29. The number of amides is 3. The van der Waals surface area contributed by atoms with Crippen molar-refractivity contribution in [1.29, 1.82) is 0 Å². The van der Waals surface area contributed by atoms with Crippen LogP contribution in [0.4, 0.5) is 4.79 Å². The number of rotatable bonds is 5. The summed E-state index contributed by atoms with van der Waals surface area (Å²) in [5.41, 5.74) is 4.94. The lowest BCUT2D eigenvalue weighted by molar-refractivity contribution is -0.123. The maximum absolute atomic E-state index is 13.1. The maximum atomic E-state index is 13.1. The molecule has 0 saturated carbocycles. The fraction of sp³-hybridized carbons (Fsp3) is 0.111. The van der Waals surface area contributed by atoms with Crippen LogP contribution >= 0.6 is 23.2 Å². The minimum Gasteiger partial charge on any atom is -0.340 e. The molecule has 4 aromatic rings. The topological polar surface area (TPSA) is 54.3 Å². The van der Waals surface area contributed by atoms with Crippen molar-refractivity contribution in [3.05, 3.63) is 111 Å². The van der Waals surface area contributed by atoms with Gasteiger partial charge in [-0.25, -0.2) is 4.79 Å². The molecule has 2 heterocycles. The van der Waals surface area contributed by atoms with E-state index in [1.165, 1.54) is 4.90 Å². The third-order valence-electron chi connectivity index (χ3n) is 6.06. The number of nitrogens with zero attached hydrogens (tertiary/aromatic N) is 2. The Hall–Kier alpha value is -3.54. The van der Waals surface area contributed by atoms with Crippen molar-refractivity contribution in [2.24, 2.45) is 0 Å². The summed E-state index contributed by atoms with van der Waals surface area (Å²) in [5.74, 6) is -0.342. The first-order valence-corrected chi connectivity index (χ1v) is 11.6. The average Bonchev–Trinajstić information content (AvgIpc) is 3.24. The first-order chi connectivity index (χ1) is 16.4. The van der Waals surface area contributed by atoms with Crippen molar-refractivity contribution in [3.63, 3.8) is 0 Å². The Labute approximate surface area is 207 Å². The van der Waals surface area contributed by atoms with E-state index in [2.05, 4.69) is 9.88 Å². The molecule has 0 unspecified atom stereocenters. The highest BCUT2D eigenvalue weighted by Crippen LogP contribution is 2.31. The van der Waals surface area contributed by atoms with Crippen LogP contribution in [0.1, 0.15) is 22.4 Å². The smallest absolute Gasteiger partial charge is 0.329 e. The van der Waals surface area contributed by atoms with Crippen LogP contribution in [0.15, 0.2) is 78.5 Å². The lowest BCUT2D eigenvalue weighted by atomic mass is 10.1. The molecule has 1 aliphatic heterocycles. The van der Waals surface area contributed by atoms with Crippen LogP contribution in [-0.2, 0) is 17.9 Å². The predicted molar refractivity (Wildman–Crippen MR) is 136 cm³/mol. The quantitative estimate of drug-likeness (QED) is 0.260. The fourth-order valence-corrected chi connectivity index (χ4v) is 4.76. The Bertz CT molecular complexity index is 1460. The number of hydrogen-bond acceptors (Lipinski definition) is 2. The predicted octanol–water partition coefficient (Wildman–Crippen LogP) is 6.40. The van der Waals surface area contributed by atoms with Gasteiger partial charge < -0.3 is 9.88 Å². The number of fused-ring (bicyclic) bond motifs is 1. The normalized spacial score (nSPS) is 14.9. The highest BCUT2D eigenvalue weighted by atomic mass is 35.5. The van der Waals surface area contributed by atoms with Crippen LogP contribution in [0.5, 0.6) is 0 Å². The van der Waals surface area contributed by atoms with Gasteiger partial charge in [-0.3, -0.25) is 9.69 Å². The molecular weight excluding hydrogens is 469 g/mol. The minimum absolute atomic E-state index is 0.221. The Morgan fingerprint density at radius 3 is 2.41 bits per heavy atom. The molecular formula is C27H21Cl2N3O2. The van der Waals surface area contributed by atoms with Crippen LogP contribution < -0.4 is 5.32 Å². The Kier molecular flexibility index (Phi) is 5.90. The number of urea groups is 1. The van der Waals surface area contributed by atoms with Crippen molar-refractivity contribution in [2.75, 3.05) is 0 Å². The SMILES string of the molecule is Cc1c(/C=C2/NC(=O)N(Cc3ccccc3)C2=O)c2ccccc2n1Cc1ccc(Cl)cc1Cl. The molecule has 5 nitrogen and oxygen atoms in total. The average molecular weight is 490 g/mol. The van der Waals surface area contributed by atoms with Gasteiger partial charge in [-0.15, -0.1) is 0 Å². The molecule has 1 fully saturated rings. The summed E-state index contributed by atoms with van der Waals surface area (Å²) in [5, 5.41) is 4.91. The number of carbonyl (C=O) groups excluding carboxylic acids is 2. The van der Waals surface area contributed by atoms with Crippen molar-refractivity contribution >= 4 is 52.1 Å².